The van der Waals surface area contributed by atoms with Crippen molar-refractivity contribution in [3.05, 3.63) is 0 Å². The zero-order chi connectivity index (χ0) is 7.56. The number of aliphatic hydroxyl groups is 1. The number of hydrogen-bond acceptors (Lipinski definition) is 3. The molecule has 0 radical (unpaired) electrons. The van der Waals surface area contributed by atoms with Gasteiger partial charge in [-0.15, -0.1) is 0 Å². The molecule has 1 fully saturated rings. The van der Waals surface area contributed by atoms with Crippen LogP contribution in [0, 0.1) is 11.3 Å². The van der Waals surface area contributed by atoms with Gasteiger partial charge in [0, 0.05) is 12.6 Å². The van der Waals surface area contributed by atoms with Crippen molar-refractivity contribution in [1.82, 2.24) is 4.90 Å². The first-order valence-corrected chi connectivity index (χ1v) is 3.49. The monoisotopic (exact) mass is 140 g/mol. The molecule has 1 saturated heterocycles. The van der Waals surface area contributed by atoms with Crippen molar-refractivity contribution >= 4 is 0 Å². The summed E-state index contributed by atoms with van der Waals surface area (Å²) in [5.74, 6) is 0. The third-order valence-corrected chi connectivity index (χ3v) is 1.99. The second kappa shape index (κ2) is 3.00. The van der Waals surface area contributed by atoms with Crippen LogP contribution in [0.5, 0.6) is 0 Å². The number of hydrogen-bond donors (Lipinski definition) is 1. The molecule has 56 valence electrons. The van der Waals surface area contributed by atoms with E-state index in [1.165, 1.54) is 0 Å². The van der Waals surface area contributed by atoms with Crippen LogP contribution in [0.2, 0.25) is 0 Å². The summed E-state index contributed by atoms with van der Waals surface area (Å²) >= 11 is 0. The van der Waals surface area contributed by atoms with Crippen molar-refractivity contribution < 1.29 is 5.11 Å². The number of likely N-dealkylation sites (tertiary alicyclic amines) is 1. The molecule has 1 heterocycles. The van der Waals surface area contributed by atoms with Gasteiger partial charge in [-0.1, -0.05) is 0 Å². The Balaban J connectivity index is 2.40. The number of rotatable bonds is 1. The normalized spacial score (nSPS) is 34.1. The first-order valence-electron chi connectivity index (χ1n) is 3.49. The van der Waals surface area contributed by atoms with Crippen LogP contribution in [0.3, 0.4) is 0 Å². The predicted molar refractivity (Wildman–Crippen MR) is 37.3 cm³/mol. The summed E-state index contributed by atoms with van der Waals surface area (Å²) in [7, 11) is 1.94. The number of nitriles is 1. The maximum Gasteiger partial charge on any atom is 0.0682 e. The molecular weight excluding hydrogens is 128 g/mol. The topological polar surface area (TPSA) is 47.3 Å². The molecule has 0 saturated carbocycles. The summed E-state index contributed by atoms with van der Waals surface area (Å²) in [6.07, 6.45) is 1.07. The summed E-state index contributed by atoms with van der Waals surface area (Å²) in [4.78, 5) is 2.04. The molecule has 3 heteroatoms. The molecule has 1 aliphatic rings. The predicted octanol–water partition coefficient (Wildman–Crippen LogP) is -0.0349. The average molecular weight is 140 g/mol. The van der Waals surface area contributed by atoms with E-state index in [0.717, 1.165) is 6.42 Å². The molecule has 0 aromatic carbocycles. The Kier molecular flexibility index (Phi) is 2.25. The van der Waals surface area contributed by atoms with Crippen molar-refractivity contribution in [1.29, 1.82) is 5.26 Å². The van der Waals surface area contributed by atoms with Crippen molar-refractivity contribution in [2.24, 2.45) is 0 Å². The SMILES string of the molecule is CN1C[C@H](O)C[C@H]1CC#N. The fraction of sp³-hybridized carbons (Fsp3) is 0.857. The lowest BCUT2D eigenvalue weighted by atomic mass is 10.1. The average Bonchev–Trinajstić information content (AvgIpc) is 2.13. The molecule has 1 N–H and O–H groups in total. The molecule has 0 bridgehead atoms. The Morgan fingerprint density at radius 2 is 2.50 bits per heavy atom. The standard InChI is InChI=1S/C7H12N2O/c1-9-5-7(10)4-6(9)2-3-8/h6-7,10H,2,4-5H2,1H3/t6-,7-/m1/s1. The summed E-state index contributed by atoms with van der Waals surface area (Å²) in [5.41, 5.74) is 0. The lowest BCUT2D eigenvalue weighted by molar-refractivity contribution is 0.182. The Labute approximate surface area is 60.9 Å². The third-order valence-electron chi connectivity index (χ3n) is 1.99. The molecule has 2 atom stereocenters. The molecule has 0 aromatic rings. The summed E-state index contributed by atoms with van der Waals surface area (Å²) in [6.45, 7) is 0.715. The molecule has 0 aliphatic carbocycles. The van der Waals surface area contributed by atoms with E-state index in [-0.39, 0.29) is 12.1 Å². The van der Waals surface area contributed by atoms with E-state index in [2.05, 4.69) is 6.07 Å². The van der Waals surface area contributed by atoms with Gasteiger partial charge in [-0.05, 0) is 13.5 Å². The van der Waals surface area contributed by atoms with Crippen molar-refractivity contribution in [3.63, 3.8) is 0 Å². The van der Waals surface area contributed by atoms with Gasteiger partial charge in [0.2, 0.25) is 0 Å². The Morgan fingerprint density at radius 3 is 2.90 bits per heavy atom. The zero-order valence-corrected chi connectivity index (χ0v) is 6.12. The molecule has 1 rings (SSSR count). The smallest absolute Gasteiger partial charge is 0.0682 e. The summed E-state index contributed by atoms with van der Waals surface area (Å²) < 4.78 is 0. The van der Waals surface area contributed by atoms with Gasteiger partial charge in [-0.3, -0.25) is 4.90 Å². The third kappa shape index (κ3) is 1.47. The van der Waals surface area contributed by atoms with Gasteiger partial charge in [0.25, 0.3) is 0 Å². The number of nitrogens with zero attached hydrogens (tertiary/aromatic N) is 2. The van der Waals surface area contributed by atoms with Gasteiger partial charge in [0.1, 0.15) is 0 Å². The van der Waals surface area contributed by atoms with E-state index in [0.29, 0.717) is 13.0 Å². The molecule has 1 aliphatic heterocycles. The first kappa shape index (κ1) is 7.52. The van der Waals surface area contributed by atoms with Crippen LogP contribution in [0.15, 0.2) is 0 Å². The van der Waals surface area contributed by atoms with Crippen LogP contribution in [0.4, 0.5) is 0 Å². The fourth-order valence-corrected chi connectivity index (χ4v) is 1.39. The van der Waals surface area contributed by atoms with E-state index in [4.69, 9.17) is 10.4 Å². The molecule has 0 aromatic heterocycles. The van der Waals surface area contributed by atoms with Crippen molar-refractivity contribution in [3.8, 4) is 6.07 Å². The van der Waals surface area contributed by atoms with Crippen LogP contribution in [-0.4, -0.2) is 35.7 Å². The Bertz CT molecular complexity index is 152. The van der Waals surface area contributed by atoms with Crippen molar-refractivity contribution in [2.75, 3.05) is 13.6 Å². The molecule has 0 amide bonds. The lowest BCUT2D eigenvalue weighted by Gasteiger charge is -2.14. The first-order chi connectivity index (χ1) is 4.74. The minimum atomic E-state index is -0.219. The summed E-state index contributed by atoms with van der Waals surface area (Å²) in [6, 6.07) is 2.39. The van der Waals surface area contributed by atoms with Gasteiger partial charge in [-0.25, -0.2) is 0 Å². The molecule has 0 unspecified atom stereocenters. The van der Waals surface area contributed by atoms with E-state index >= 15 is 0 Å². The van der Waals surface area contributed by atoms with Crippen LogP contribution in [0.1, 0.15) is 12.8 Å². The largest absolute Gasteiger partial charge is 0.392 e. The molecule has 0 spiro atoms. The highest BCUT2D eigenvalue weighted by molar-refractivity contribution is 4.89. The second-order valence-electron chi connectivity index (χ2n) is 2.85. The van der Waals surface area contributed by atoms with E-state index in [1.807, 2.05) is 11.9 Å². The molecule has 3 nitrogen and oxygen atoms in total. The van der Waals surface area contributed by atoms with Crippen LogP contribution >= 0.6 is 0 Å². The zero-order valence-electron chi connectivity index (χ0n) is 6.12. The highest BCUT2D eigenvalue weighted by Gasteiger charge is 2.27. The van der Waals surface area contributed by atoms with Gasteiger partial charge in [0.15, 0.2) is 0 Å². The van der Waals surface area contributed by atoms with E-state index in [9.17, 15) is 0 Å². The van der Waals surface area contributed by atoms with E-state index < -0.39 is 0 Å². The number of likely N-dealkylation sites (N-methyl/N-ethyl adjacent to an activating group) is 1. The van der Waals surface area contributed by atoms with E-state index in [1.54, 1.807) is 0 Å². The quantitative estimate of drug-likeness (QED) is 0.556. The van der Waals surface area contributed by atoms with Gasteiger partial charge >= 0.3 is 0 Å². The van der Waals surface area contributed by atoms with Crippen LogP contribution in [-0.2, 0) is 0 Å². The lowest BCUT2D eigenvalue weighted by Crippen LogP contribution is -2.24. The minimum Gasteiger partial charge on any atom is -0.392 e. The number of aliphatic hydroxyl groups excluding tert-OH is 1. The fourth-order valence-electron chi connectivity index (χ4n) is 1.39. The minimum absolute atomic E-state index is 0.219. The van der Waals surface area contributed by atoms with Crippen LogP contribution < -0.4 is 0 Å². The maximum absolute atomic E-state index is 9.15. The maximum atomic E-state index is 9.15. The highest BCUT2D eigenvalue weighted by Crippen LogP contribution is 2.17. The Morgan fingerprint density at radius 1 is 1.80 bits per heavy atom. The second-order valence-corrected chi connectivity index (χ2v) is 2.85. The van der Waals surface area contributed by atoms with Crippen LogP contribution in [0.25, 0.3) is 0 Å². The summed E-state index contributed by atoms with van der Waals surface area (Å²) in [5, 5.41) is 17.5. The highest BCUT2D eigenvalue weighted by atomic mass is 16.3. The molecular formula is C7H12N2O. The van der Waals surface area contributed by atoms with Gasteiger partial charge in [0.05, 0.1) is 18.6 Å². The van der Waals surface area contributed by atoms with Gasteiger partial charge < -0.3 is 5.11 Å². The van der Waals surface area contributed by atoms with Crippen molar-refractivity contribution in [2.45, 2.75) is 25.0 Å². The Hall–Kier alpha value is -0.590. The molecule has 10 heavy (non-hydrogen) atoms. The number of β-amino-alcohol motifs (C(OH)–C–C–N with tert-alkyl or cyclic N) is 1. The van der Waals surface area contributed by atoms with Gasteiger partial charge in [-0.2, -0.15) is 5.26 Å².